The molecule has 0 amide bonds. The SMILES string of the molecule is OCc1ccc(-c2nn(Cc3ccccc3)c3ccc(C(F)(F)F)cc23)o1. The molecule has 2 aromatic heterocycles. The molecule has 0 spiro atoms. The lowest BCUT2D eigenvalue weighted by Crippen LogP contribution is -2.05. The number of aliphatic hydroxyl groups is 1. The van der Waals surface area contributed by atoms with Gasteiger partial charge in [0.05, 0.1) is 17.6 Å². The first kappa shape index (κ1) is 17.4. The van der Waals surface area contributed by atoms with Crippen LogP contribution in [0.25, 0.3) is 22.4 Å². The van der Waals surface area contributed by atoms with E-state index in [9.17, 15) is 18.3 Å². The minimum Gasteiger partial charge on any atom is -0.457 e. The van der Waals surface area contributed by atoms with E-state index in [1.165, 1.54) is 6.07 Å². The number of furan rings is 1. The van der Waals surface area contributed by atoms with E-state index in [-0.39, 0.29) is 6.61 Å². The zero-order chi connectivity index (χ0) is 19.0. The number of hydrogen-bond acceptors (Lipinski definition) is 3. The highest BCUT2D eigenvalue weighted by Gasteiger charge is 2.31. The van der Waals surface area contributed by atoms with Gasteiger partial charge in [-0.2, -0.15) is 18.3 Å². The summed E-state index contributed by atoms with van der Waals surface area (Å²) in [5, 5.41) is 14.0. The lowest BCUT2D eigenvalue weighted by molar-refractivity contribution is -0.137. The van der Waals surface area contributed by atoms with Crippen LogP contribution in [0.4, 0.5) is 13.2 Å². The lowest BCUT2D eigenvalue weighted by atomic mass is 10.1. The fourth-order valence-electron chi connectivity index (χ4n) is 3.00. The third-order valence-corrected chi connectivity index (χ3v) is 4.30. The number of benzene rings is 2. The average molecular weight is 372 g/mol. The zero-order valence-electron chi connectivity index (χ0n) is 14.1. The first-order valence-corrected chi connectivity index (χ1v) is 8.27. The molecule has 0 radical (unpaired) electrons. The van der Waals surface area contributed by atoms with Crippen LogP contribution in [0.2, 0.25) is 0 Å². The van der Waals surface area contributed by atoms with Gasteiger partial charge < -0.3 is 9.52 Å². The summed E-state index contributed by atoms with van der Waals surface area (Å²) in [6.45, 7) is 0.118. The Morgan fingerprint density at radius 3 is 2.44 bits per heavy atom. The van der Waals surface area contributed by atoms with Crippen molar-refractivity contribution in [3.63, 3.8) is 0 Å². The number of aliphatic hydroxyl groups excluding tert-OH is 1. The van der Waals surface area contributed by atoms with Crippen molar-refractivity contribution in [3.8, 4) is 11.5 Å². The van der Waals surface area contributed by atoms with Gasteiger partial charge >= 0.3 is 6.18 Å². The molecule has 0 saturated heterocycles. The molecule has 1 N–H and O–H groups in total. The molecule has 0 unspecified atom stereocenters. The molecular weight excluding hydrogens is 357 g/mol. The van der Waals surface area contributed by atoms with Gasteiger partial charge in [0.1, 0.15) is 18.1 Å². The maximum Gasteiger partial charge on any atom is 0.416 e. The number of alkyl halides is 3. The first-order valence-electron chi connectivity index (χ1n) is 8.27. The molecule has 27 heavy (non-hydrogen) atoms. The predicted molar refractivity (Wildman–Crippen MR) is 93.9 cm³/mol. The number of aromatic nitrogens is 2. The van der Waals surface area contributed by atoms with Gasteiger partial charge in [0, 0.05) is 5.39 Å². The topological polar surface area (TPSA) is 51.2 Å². The summed E-state index contributed by atoms with van der Waals surface area (Å²) in [7, 11) is 0. The Balaban J connectivity index is 1.89. The van der Waals surface area contributed by atoms with Crippen molar-refractivity contribution in [2.24, 2.45) is 0 Å². The zero-order valence-corrected chi connectivity index (χ0v) is 14.1. The van der Waals surface area contributed by atoms with Crippen LogP contribution in [0.5, 0.6) is 0 Å². The van der Waals surface area contributed by atoms with Gasteiger partial charge in [-0.25, -0.2) is 0 Å². The molecule has 0 aliphatic rings. The van der Waals surface area contributed by atoms with Crippen LogP contribution in [0.15, 0.2) is 65.1 Å². The molecule has 0 atom stereocenters. The number of halogens is 3. The Labute approximate surface area is 152 Å². The number of fused-ring (bicyclic) bond motifs is 1. The van der Waals surface area contributed by atoms with Crippen LogP contribution in [-0.2, 0) is 19.3 Å². The van der Waals surface area contributed by atoms with E-state index < -0.39 is 11.7 Å². The molecule has 0 aliphatic heterocycles. The number of hydrogen-bond donors (Lipinski definition) is 1. The van der Waals surface area contributed by atoms with E-state index in [0.29, 0.717) is 34.7 Å². The summed E-state index contributed by atoms with van der Waals surface area (Å²) in [6.07, 6.45) is -4.45. The van der Waals surface area contributed by atoms with E-state index >= 15 is 0 Å². The Kier molecular flexibility index (Phi) is 4.24. The van der Waals surface area contributed by atoms with Gasteiger partial charge in [0.2, 0.25) is 0 Å². The van der Waals surface area contributed by atoms with Crippen molar-refractivity contribution in [3.05, 3.63) is 77.6 Å². The Bertz CT molecular complexity index is 1080. The molecule has 4 nitrogen and oxygen atoms in total. The molecule has 4 rings (SSSR count). The van der Waals surface area contributed by atoms with Gasteiger partial charge in [-0.1, -0.05) is 30.3 Å². The third kappa shape index (κ3) is 3.33. The second-order valence-corrected chi connectivity index (χ2v) is 6.15. The van der Waals surface area contributed by atoms with Crippen molar-refractivity contribution in [1.82, 2.24) is 9.78 Å². The standard InChI is InChI=1S/C20H15F3N2O2/c21-20(22,23)14-6-8-17-16(10-14)19(18-9-7-15(12-26)27-18)24-25(17)11-13-4-2-1-3-5-13/h1-10,26H,11-12H2. The summed E-state index contributed by atoms with van der Waals surface area (Å²) in [5.41, 5.74) is 1.11. The van der Waals surface area contributed by atoms with Crippen molar-refractivity contribution < 1.29 is 22.7 Å². The molecule has 0 saturated carbocycles. The minimum absolute atomic E-state index is 0.295. The largest absolute Gasteiger partial charge is 0.457 e. The van der Waals surface area contributed by atoms with Crippen LogP contribution < -0.4 is 0 Å². The first-order chi connectivity index (χ1) is 13.0. The maximum absolute atomic E-state index is 13.2. The van der Waals surface area contributed by atoms with Crippen molar-refractivity contribution >= 4 is 10.9 Å². The van der Waals surface area contributed by atoms with Gasteiger partial charge in [-0.05, 0) is 35.9 Å². The highest BCUT2D eigenvalue weighted by Crippen LogP contribution is 2.35. The van der Waals surface area contributed by atoms with Gasteiger partial charge in [0.15, 0.2) is 5.76 Å². The number of rotatable bonds is 4. The quantitative estimate of drug-likeness (QED) is 0.557. The molecule has 0 aliphatic carbocycles. The summed E-state index contributed by atoms with van der Waals surface area (Å²) in [6, 6.07) is 16.3. The molecule has 4 aromatic rings. The molecule has 7 heteroatoms. The molecule has 0 bridgehead atoms. The van der Waals surface area contributed by atoms with Crippen LogP contribution in [-0.4, -0.2) is 14.9 Å². The Morgan fingerprint density at radius 2 is 1.78 bits per heavy atom. The minimum atomic E-state index is -4.45. The van der Waals surface area contributed by atoms with Crippen LogP contribution in [0.3, 0.4) is 0 Å². The van der Waals surface area contributed by atoms with Crippen LogP contribution >= 0.6 is 0 Å². The fourth-order valence-corrected chi connectivity index (χ4v) is 3.00. The normalized spacial score (nSPS) is 12.0. The predicted octanol–water partition coefficient (Wildman–Crippen LogP) is 4.86. The smallest absolute Gasteiger partial charge is 0.416 e. The second-order valence-electron chi connectivity index (χ2n) is 6.15. The van der Waals surface area contributed by atoms with Crippen LogP contribution in [0, 0.1) is 0 Å². The summed E-state index contributed by atoms with van der Waals surface area (Å²) >= 11 is 0. The number of nitrogens with zero attached hydrogens (tertiary/aromatic N) is 2. The Morgan fingerprint density at radius 1 is 1.00 bits per heavy atom. The molecule has 138 valence electrons. The average Bonchev–Trinajstić information content (AvgIpc) is 3.26. The second kappa shape index (κ2) is 6.59. The fraction of sp³-hybridized carbons (Fsp3) is 0.150. The van der Waals surface area contributed by atoms with E-state index in [1.54, 1.807) is 16.8 Å². The summed E-state index contributed by atoms with van der Waals surface area (Å²) in [4.78, 5) is 0. The lowest BCUT2D eigenvalue weighted by Gasteiger charge is -2.07. The van der Waals surface area contributed by atoms with E-state index in [2.05, 4.69) is 5.10 Å². The van der Waals surface area contributed by atoms with Crippen LogP contribution in [0.1, 0.15) is 16.9 Å². The van der Waals surface area contributed by atoms with Crippen molar-refractivity contribution in [2.45, 2.75) is 19.3 Å². The van der Waals surface area contributed by atoms with Crippen molar-refractivity contribution in [1.29, 1.82) is 0 Å². The van der Waals surface area contributed by atoms with Gasteiger partial charge in [-0.15, -0.1) is 0 Å². The third-order valence-electron chi connectivity index (χ3n) is 4.30. The summed E-state index contributed by atoms with van der Waals surface area (Å²) < 4.78 is 46.7. The van der Waals surface area contributed by atoms with Crippen molar-refractivity contribution in [2.75, 3.05) is 0 Å². The van der Waals surface area contributed by atoms with E-state index in [4.69, 9.17) is 4.42 Å². The summed E-state index contributed by atoms with van der Waals surface area (Å²) in [5.74, 6) is 0.637. The van der Waals surface area contributed by atoms with Gasteiger partial charge in [-0.3, -0.25) is 4.68 Å². The van der Waals surface area contributed by atoms with E-state index in [0.717, 1.165) is 17.7 Å². The van der Waals surface area contributed by atoms with E-state index in [1.807, 2.05) is 30.3 Å². The maximum atomic E-state index is 13.2. The monoisotopic (exact) mass is 372 g/mol. The van der Waals surface area contributed by atoms with Gasteiger partial charge in [0.25, 0.3) is 0 Å². The molecular formula is C20H15F3N2O2. The highest BCUT2D eigenvalue weighted by molar-refractivity contribution is 5.92. The molecule has 0 fully saturated rings. The Hall–Kier alpha value is -3.06. The molecule has 2 aromatic carbocycles. The highest BCUT2D eigenvalue weighted by atomic mass is 19.4. The molecule has 2 heterocycles.